The van der Waals surface area contributed by atoms with Crippen LogP contribution in [0.2, 0.25) is 0 Å². The molecule has 0 spiro atoms. The molecular formula is C10H14Cl3N2OZr. The van der Waals surface area contributed by atoms with Crippen LogP contribution in [0.5, 0.6) is 0 Å². The van der Waals surface area contributed by atoms with E-state index >= 15 is 0 Å². The summed E-state index contributed by atoms with van der Waals surface area (Å²) >= 11 is -2.13. The average Bonchev–Trinajstić information content (AvgIpc) is 2.30. The Balaban J connectivity index is 0.000000557. The normalized spacial score (nSPS) is 10.5. The zero-order chi connectivity index (χ0) is 13.1. The van der Waals surface area contributed by atoms with Crippen LogP contribution in [0.4, 0.5) is 0 Å². The number of nitrogens with zero attached hydrogens (tertiary/aromatic N) is 2. The van der Waals surface area contributed by atoms with Crippen LogP contribution in [-0.2, 0) is 18.2 Å². The molecule has 0 aliphatic rings. The zero-order valence-corrected chi connectivity index (χ0v) is 14.1. The third kappa shape index (κ3) is 11.4. The summed E-state index contributed by atoms with van der Waals surface area (Å²) in [7, 11) is 15.0. The number of pyridine rings is 1. The van der Waals surface area contributed by atoms with Crippen molar-refractivity contribution < 1.29 is 23.3 Å². The second kappa shape index (κ2) is 11.6. The second-order valence-corrected chi connectivity index (χ2v) is 14.2. The van der Waals surface area contributed by atoms with Crippen LogP contribution in [0.25, 0.3) is 0 Å². The van der Waals surface area contributed by atoms with Gasteiger partial charge in [0, 0.05) is 19.3 Å². The molecule has 1 aromatic rings. The fraction of sp³-hybridized carbons (Fsp3) is 0.400. The van der Waals surface area contributed by atoms with E-state index in [2.05, 4.69) is 9.98 Å². The molecule has 0 aliphatic carbocycles. The molecule has 0 aliphatic heterocycles. The summed E-state index contributed by atoms with van der Waals surface area (Å²) in [6.45, 7) is 2.79. The summed E-state index contributed by atoms with van der Waals surface area (Å²) < 4.78 is 0. The molecule has 1 N–H and O–H groups in total. The molecule has 0 fully saturated rings. The maximum atomic E-state index is 8.56. The first-order valence-electron chi connectivity index (χ1n) is 4.94. The van der Waals surface area contributed by atoms with Gasteiger partial charge in [0.15, 0.2) is 0 Å². The number of aliphatic hydroxyl groups is 1. The molecule has 0 saturated carbocycles. The van der Waals surface area contributed by atoms with Gasteiger partial charge in [0.2, 0.25) is 0 Å². The number of aromatic nitrogens is 1. The van der Waals surface area contributed by atoms with Gasteiger partial charge in [-0.05, 0) is 25.5 Å². The Labute approximate surface area is 120 Å². The quantitative estimate of drug-likeness (QED) is 0.648. The van der Waals surface area contributed by atoms with Crippen LogP contribution in [0, 0.1) is 0 Å². The van der Waals surface area contributed by atoms with Crippen molar-refractivity contribution in [2.24, 2.45) is 4.99 Å². The molecule has 1 aromatic heterocycles. The fourth-order valence-electron chi connectivity index (χ4n) is 0.975. The molecule has 0 radical (unpaired) electrons. The Morgan fingerprint density at radius 3 is 2.53 bits per heavy atom. The number of hydrogen-bond acceptors (Lipinski definition) is 3. The number of aliphatic imine (C=N–C) groups is 1. The summed E-state index contributed by atoms with van der Waals surface area (Å²) in [5.41, 5.74) is 1.83. The summed E-state index contributed by atoms with van der Waals surface area (Å²) in [6, 6.07) is 5.75. The van der Waals surface area contributed by atoms with E-state index in [-0.39, 0.29) is 6.61 Å². The Bertz CT molecular complexity index is 320. The Morgan fingerprint density at radius 1 is 1.41 bits per heavy atom. The van der Waals surface area contributed by atoms with Crippen molar-refractivity contribution in [3.05, 3.63) is 30.1 Å². The van der Waals surface area contributed by atoms with Crippen LogP contribution in [0.3, 0.4) is 0 Å². The van der Waals surface area contributed by atoms with Crippen molar-refractivity contribution in [1.82, 2.24) is 4.98 Å². The van der Waals surface area contributed by atoms with Crippen molar-refractivity contribution in [3.8, 4) is 0 Å². The average molecular weight is 376 g/mol. The molecule has 0 amide bonds. The van der Waals surface area contributed by atoms with Gasteiger partial charge >= 0.3 is 43.7 Å². The van der Waals surface area contributed by atoms with Gasteiger partial charge in [-0.25, -0.2) is 0 Å². The van der Waals surface area contributed by atoms with E-state index in [9.17, 15) is 0 Å². The molecule has 17 heavy (non-hydrogen) atoms. The van der Waals surface area contributed by atoms with Gasteiger partial charge in [-0.1, -0.05) is 6.07 Å². The van der Waals surface area contributed by atoms with Crippen LogP contribution in [0.15, 0.2) is 29.4 Å². The summed E-state index contributed by atoms with van der Waals surface area (Å²) in [6.07, 6.45) is 2.46. The number of aliphatic hydroxyl groups excluding tert-OH is 1. The minimum absolute atomic E-state index is 0.193. The van der Waals surface area contributed by atoms with Crippen molar-refractivity contribution in [3.63, 3.8) is 0 Å². The van der Waals surface area contributed by atoms with Gasteiger partial charge in [-0.3, -0.25) is 9.98 Å². The number of hydrogen-bond donors (Lipinski definition) is 1. The van der Waals surface area contributed by atoms with E-state index in [4.69, 9.17) is 30.6 Å². The standard InChI is InChI=1S/C10H14N2O.3ClH.Zr/c1-9(11-7-4-8-13)10-5-2-3-6-12-10;;;;/h2-3,5-6,13H,4,7-8H2,1H3;3*1H;/q;;;;+3/p-3. The Morgan fingerprint density at radius 2 is 2.06 bits per heavy atom. The van der Waals surface area contributed by atoms with E-state index in [0.717, 1.165) is 11.4 Å². The Hall–Kier alpha value is 0.533. The first-order valence-corrected chi connectivity index (χ1v) is 14.4. The van der Waals surface area contributed by atoms with Gasteiger partial charge in [0.25, 0.3) is 0 Å². The van der Waals surface area contributed by atoms with E-state index in [1.165, 1.54) is 0 Å². The van der Waals surface area contributed by atoms with Crippen LogP contribution < -0.4 is 0 Å². The van der Waals surface area contributed by atoms with E-state index in [1.807, 2.05) is 25.1 Å². The second-order valence-electron chi connectivity index (χ2n) is 2.97. The Kier molecular flexibility index (Phi) is 12.0. The molecule has 95 valence electrons. The van der Waals surface area contributed by atoms with E-state index in [0.29, 0.717) is 13.0 Å². The van der Waals surface area contributed by atoms with Crippen LogP contribution >= 0.6 is 25.5 Å². The molecule has 0 saturated heterocycles. The monoisotopic (exact) mass is 373 g/mol. The van der Waals surface area contributed by atoms with Crippen molar-refractivity contribution in [2.75, 3.05) is 13.2 Å². The summed E-state index contributed by atoms with van der Waals surface area (Å²) in [4.78, 5) is 8.44. The summed E-state index contributed by atoms with van der Waals surface area (Å²) in [5.74, 6) is 0. The molecule has 1 heterocycles. The third-order valence-electron chi connectivity index (χ3n) is 1.70. The molecule has 0 atom stereocenters. The summed E-state index contributed by atoms with van der Waals surface area (Å²) in [5, 5.41) is 8.56. The predicted molar refractivity (Wildman–Crippen MR) is 70.6 cm³/mol. The maximum absolute atomic E-state index is 8.56. The van der Waals surface area contributed by atoms with Crippen molar-refractivity contribution in [1.29, 1.82) is 0 Å². The van der Waals surface area contributed by atoms with Crippen molar-refractivity contribution in [2.45, 2.75) is 13.3 Å². The number of rotatable bonds is 4. The molecule has 3 nitrogen and oxygen atoms in total. The van der Waals surface area contributed by atoms with Gasteiger partial charge in [-0.2, -0.15) is 0 Å². The van der Waals surface area contributed by atoms with E-state index < -0.39 is 18.2 Å². The van der Waals surface area contributed by atoms with Gasteiger partial charge in [-0.15, -0.1) is 0 Å². The van der Waals surface area contributed by atoms with E-state index in [1.54, 1.807) is 6.20 Å². The topological polar surface area (TPSA) is 45.5 Å². The van der Waals surface area contributed by atoms with Gasteiger partial charge < -0.3 is 5.11 Å². The molecule has 7 heteroatoms. The fourth-order valence-corrected chi connectivity index (χ4v) is 0.975. The van der Waals surface area contributed by atoms with Gasteiger partial charge in [0.1, 0.15) is 0 Å². The molecule has 1 rings (SSSR count). The van der Waals surface area contributed by atoms with Crippen molar-refractivity contribution >= 4 is 31.3 Å². The molecule has 0 bridgehead atoms. The molecule has 0 aromatic carbocycles. The molecular weight excluding hydrogens is 362 g/mol. The first-order chi connectivity index (χ1) is 8.07. The predicted octanol–water partition coefficient (Wildman–Crippen LogP) is 3.34. The SMILES string of the molecule is CC(=NCCCO)c1ccccn1.[Cl][Zr]([Cl])[Cl]. The third-order valence-corrected chi connectivity index (χ3v) is 1.70. The van der Waals surface area contributed by atoms with Crippen LogP contribution in [-0.4, -0.2) is 29.0 Å². The van der Waals surface area contributed by atoms with Gasteiger partial charge in [0.05, 0.1) is 11.4 Å². The van der Waals surface area contributed by atoms with Crippen LogP contribution in [0.1, 0.15) is 19.0 Å². The number of halogens is 3. The minimum atomic E-state index is -2.13. The zero-order valence-electron chi connectivity index (χ0n) is 9.41. The first kappa shape index (κ1) is 17.5. The molecule has 0 unspecified atom stereocenters.